The third-order valence-electron chi connectivity index (χ3n) is 2.66. The first-order valence-corrected chi connectivity index (χ1v) is 7.84. The summed E-state index contributed by atoms with van der Waals surface area (Å²) in [6.45, 7) is 2.12. The number of hydrazine groups is 1. The smallest absolute Gasteiger partial charge is 0.0662 e. The van der Waals surface area contributed by atoms with Crippen molar-refractivity contribution in [2.24, 2.45) is 5.84 Å². The summed E-state index contributed by atoms with van der Waals surface area (Å²) in [6.07, 6.45) is 0. The van der Waals surface area contributed by atoms with E-state index in [9.17, 15) is 0 Å². The van der Waals surface area contributed by atoms with Crippen LogP contribution in [0.15, 0.2) is 40.6 Å². The minimum absolute atomic E-state index is 0.0853. The van der Waals surface area contributed by atoms with Crippen molar-refractivity contribution in [2.45, 2.75) is 17.9 Å². The lowest BCUT2D eigenvalue weighted by atomic mass is 10.2. The van der Waals surface area contributed by atoms with E-state index in [1.165, 1.54) is 10.5 Å². The van der Waals surface area contributed by atoms with Crippen LogP contribution in [0.4, 0.5) is 0 Å². The number of rotatable bonds is 5. The maximum absolute atomic E-state index is 6.13. The second-order valence-corrected chi connectivity index (χ2v) is 6.35. The van der Waals surface area contributed by atoms with Crippen molar-refractivity contribution in [3.63, 3.8) is 0 Å². The van der Waals surface area contributed by atoms with Gasteiger partial charge in [0.1, 0.15) is 0 Å². The van der Waals surface area contributed by atoms with E-state index in [1.807, 2.05) is 17.5 Å². The lowest BCUT2D eigenvalue weighted by Crippen LogP contribution is -2.29. The van der Waals surface area contributed by atoms with Gasteiger partial charge in [0.05, 0.1) is 11.1 Å². The number of hydrogen-bond donors (Lipinski definition) is 2. The molecule has 18 heavy (non-hydrogen) atoms. The minimum Gasteiger partial charge on any atom is -0.271 e. The van der Waals surface area contributed by atoms with Gasteiger partial charge in [-0.2, -0.15) is 0 Å². The Balaban J connectivity index is 2.05. The fourth-order valence-corrected chi connectivity index (χ4v) is 4.08. The van der Waals surface area contributed by atoms with Gasteiger partial charge < -0.3 is 0 Å². The number of halogens is 1. The monoisotopic (exact) mass is 298 g/mol. The summed E-state index contributed by atoms with van der Waals surface area (Å²) in [5, 5.41) is 2.77. The van der Waals surface area contributed by atoms with Crippen molar-refractivity contribution in [3.05, 3.63) is 51.2 Å². The summed E-state index contributed by atoms with van der Waals surface area (Å²) in [6, 6.07) is 10.3. The number of benzene rings is 1. The molecular weight excluding hydrogens is 284 g/mol. The highest BCUT2D eigenvalue weighted by atomic mass is 35.5. The molecule has 0 aliphatic carbocycles. The Morgan fingerprint density at radius 2 is 2.17 bits per heavy atom. The van der Waals surface area contributed by atoms with Crippen LogP contribution < -0.4 is 11.3 Å². The molecule has 2 aromatic rings. The number of thioether (sulfide) groups is 1. The summed E-state index contributed by atoms with van der Waals surface area (Å²) in [4.78, 5) is 2.38. The molecule has 0 aliphatic rings. The molecule has 3 N–H and O–H groups in total. The van der Waals surface area contributed by atoms with Gasteiger partial charge in [-0.3, -0.25) is 11.3 Å². The molecule has 1 heterocycles. The fraction of sp³-hybridized carbons (Fsp3) is 0.231. The van der Waals surface area contributed by atoms with Gasteiger partial charge in [-0.1, -0.05) is 29.8 Å². The molecule has 0 saturated heterocycles. The van der Waals surface area contributed by atoms with Crippen LogP contribution in [0.3, 0.4) is 0 Å². The third kappa shape index (κ3) is 3.28. The van der Waals surface area contributed by atoms with Crippen LogP contribution in [0.2, 0.25) is 5.02 Å². The maximum Gasteiger partial charge on any atom is 0.0662 e. The van der Waals surface area contributed by atoms with Crippen molar-refractivity contribution < 1.29 is 0 Å². The largest absolute Gasteiger partial charge is 0.271 e. The van der Waals surface area contributed by atoms with Gasteiger partial charge in [-0.15, -0.1) is 23.1 Å². The Hall–Kier alpha value is -0.520. The highest BCUT2D eigenvalue weighted by Crippen LogP contribution is 2.32. The van der Waals surface area contributed by atoms with E-state index in [0.29, 0.717) is 0 Å². The maximum atomic E-state index is 6.13. The highest BCUT2D eigenvalue weighted by Gasteiger charge is 2.15. The van der Waals surface area contributed by atoms with E-state index in [-0.39, 0.29) is 6.04 Å². The predicted molar refractivity (Wildman–Crippen MR) is 81.3 cm³/mol. The summed E-state index contributed by atoms with van der Waals surface area (Å²) >= 11 is 9.56. The molecule has 0 fully saturated rings. The second-order valence-electron chi connectivity index (χ2n) is 3.93. The molecule has 0 aliphatic heterocycles. The molecule has 0 bridgehead atoms. The van der Waals surface area contributed by atoms with E-state index in [0.717, 1.165) is 15.7 Å². The average molecular weight is 299 g/mol. The van der Waals surface area contributed by atoms with Gasteiger partial charge in [0.15, 0.2) is 0 Å². The summed E-state index contributed by atoms with van der Waals surface area (Å²) < 4.78 is 0. The molecule has 1 aromatic carbocycles. The predicted octanol–water partition coefficient (Wildman–Crippen LogP) is 4.01. The van der Waals surface area contributed by atoms with Gasteiger partial charge in [0.2, 0.25) is 0 Å². The molecule has 0 amide bonds. The Morgan fingerprint density at radius 1 is 1.39 bits per heavy atom. The summed E-state index contributed by atoms with van der Waals surface area (Å²) in [5.41, 5.74) is 4.13. The van der Waals surface area contributed by atoms with Gasteiger partial charge in [-0.05, 0) is 30.0 Å². The molecule has 0 saturated carbocycles. The Labute approximate surface area is 121 Å². The molecule has 1 unspecified atom stereocenters. The first-order chi connectivity index (χ1) is 8.72. The van der Waals surface area contributed by atoms with Crippen LogP contribution in [0, 0.1) is 6.92 Å². The molecule has 2 rings (SSSR count). The van der Waals surface area contributed by atoms with Gasteiger partial charge in [0.25, 0.3) is 0 Å². The van der Waals surface area contributed by atoms with Crippen LogP contribution in [0.25, 0.3) is 0 Å². The molecule has 96 valence electrons. The Bertz CT molecular complexity index is 513. The number of nitrogens with one attached hydrogen (secondary N) is 1. The van der Waals surface area contributed by atoms with E-state index < -0.39 is 0 Å². The number of thiophene rings is 1. The number of hydrogen-bond acceptors (Lipinski definition) is 4. The van der Waals surface area contributed by atoms with Crippen molar-refractivity contribution in [1.29, 1.82) is 0 Å². The quantitative estimate of drug-likeness (QED) is 0.498. The third-order valence-corrected chi connectivity index (χ3v) is 5.40. The van der Waals surface area contributed by atoms with Crippen LogP contribution >= 0.6 is 34.7 Å². The first-order valence-electron chi connectivity index (χ1n) is 5.60. The minimum atomic E-state index is 0.0853. The van der Waals surface area contributed by atoms with Crippen molar-refractivity contribution in [2.75, 3.05) is 5.75 Å². The van der Waals surface area contributed by atoms with E-state index in [2.05, 4.69) is 30.5 Å². The highest BCUT2D eigenvalue weighted by molar-refractivity contribution is 7.99. The molecule has 2 nitrogen and oxygen atoms in total. The topological polar surface area (TPSA) is 38.0 Å². The number of aryl methyl sites for hydroxylation is 1. The zero-order valence-corrected chi connectivity index (χ0v) is 12.4. The van der Waals surface area contributed by atoms with E-state index in [1.54, 1.807) is 23.1 Å². The van der Waals surface area contributed by atoms with Gasteiger partial charge >= 0.3 is 0 Å². The van der Waals surface area contributed by atoms with Crippen LogP contribution in [0.5, 0.6) is 0 Å². The normalized spacial score (nSPS) is 12.6. The molecule has 1 aromatic heterocycles. The van der Waals surface area contributed by atoms with Crippen molar-refractivity contribution in [3.8, 4) is 0 Å². The molecule has 0 radical (unpaired) electrons. The standard InChI is InChI=1S/C13H15ClN2S2/c1-9-4-2-3-5-12(9)18-8-11(16-15)13-10(14)6-7-17-13/h2-7,11,16H,8,15H2,1H3. The van der Waals surface area contributed by atoms with Crippen molar-refractivity contribution >= 4 is 34.7 Å². The molecular formula is C13H15ClN2S2. The summed E-state index contributed by atoms with van der Waals surface area (Å²) in [5.74, 6) is 6.48. The van der Waals surface area contributed by atoms with Crippen LogP contribution in [-0.4, -0.2) is 5.75 Å². The summed E-state index contributed by atoms with van der Waals surface area (Å²) in [7, 11) is 0. The SMILES string of the molecule is Cc1ccccc1SCC(NN)c1sccc1Cl. The molecule has 5 heteroatoms. The van der Waals surface area contributed by atoms with Gasteiger partial charge in [0, 0.05) is 15.5 Å². The van der Waals surface area contributed by atoms with E-state index >= 15 is 0 Å². The second kappa shape index (κ2) is 6.59. The lowest BCUT2D eigenvalue weighted by molar-refractivity contribution is 0.620. The first kappa shape index (κ1) is 13.9. The zero-order chi connectivity index (χ0) is 13.0. The number of nitrogens with two attached hydrogens (primary N) is 1. The zero-order valence-electron chi connectivity index (χ0n) is 10.0. The van der Waals surface area contributed by atoms with Crippen molar-refractivity contribution in [1.82, 2.24) is 5.43 Å². The Kier molecular flexibility index (Phi) is 5.09. The fourth-order valence-electron chi connectivity index (χ4n) is 1.65. The Morgan fingerprint density at radius 3 is 2.78 bits per heavy atom. The lowest BCUT2D eigenvalue weighted by Gasteiger charge is -2.15. The average Bonchev–Trinajstić information content (AvgIpc) is 2.79. The van der Waals surface area contributed by atoms with E-state index in [4.69, 9.17) is 17.4 Å². The molecule has 0 spiro atoms. The molecule has 1 atom stereocenters. The van der Waals surface area contributed by atoms with Crippen LogP contribution in [0.1, 0.15) is 16.5 Å². The van der Waals surface area contributed by atoms with Gasteiger partial charge in [-0.25, -0.2) is 0 Å². The van der Waals surface area contributed by atoms with Crippen LogP contribution in [-0.2, 0) is 0 Å².